The van der Waals surface area contributed by atoms with Crippen LogP contribution >= 0.6 is 11.8 Å². The molecule has 7 nitrogen and oxygen atoms in total. The summed E-state index contributed by atoms with van der Waals surface area (Å²) in [6, 6.07) is 1.19. The van der Waals surface area contributed by atoms with E-state index in [9.17, 15) is 9.59 Å². The van der Waals surface area contributed by atoms with Crippen LogP contribution in [0.4, 0.5) is 5.95 Å². The predicted molar refractivity (Wildman–Crippen MR) is 85.8 cm³/mol. The Balaban J connectivity index is 1.96. The van der Waals surface area contributed by atoms with Crippen molar-refractivity contribution in [2.45, 2.75) is 26.3 Å². The van der Waals surface area contributed by atoms with Crippen molar-refractivity contribution in [3.8, 4) is 0 Å². The molecule has 118 valence electrons. The molecule has 1 saturated heterocycles. The molecule has 1 aliphatic rings. The molecule has 1 aliphatic heterocycles. The van der Waals surface area contributed by atoms with Gasteiger partial charge < -0.3 is 4.90 Å². The smallest absolute Gasteiger partial charge is 0.262 e. The lowest BCUT2D eigenvalue weighted by atomic mass is 10.2. The van der Waals surface area contributed by atoms with Gasteiger partial charge in [-0.2, -0.15) is 0 Å². The SMILES string of the molecule is CC/C=C(\C)C(=O)N1CSC[C@@H]1C(=O)NNc1ncccn1. The largest absolute Gasteiger partial charge is 0.317 e. The van der Waals surface area contributed by atoms with Gasteiger partial charge >= 0.3 is 0 Å². The van der Waals surface area contributed by atoms with E-state index in [0.717, 1.165) is 6.42 Å². The Labute approximate surface area is 133 Å². The maximum absolute atomic E-state index is 12.3. The van der Waals surface area contributed by atoms with Gasteiger partial charge in [0, 0.05) is 23.7 Å². The van der Waals surface area contributed by atoms with Crippen LogP contribution in [0.25, 0.3) is 0 Å². The first-order chi connectivity index (χ1) is 10.6. The number of hydrazine groups is 1. The molecule has 0 aromatic carbocycles. The number of hydrogen-bond acceptors (Lipinski definition) is 6. The highest BCUT2D eigenvalue weighted by molar-refractivity contribution is 7.99. The number of hydrogen-bond donors (Lipinski definition) is 2. The number of allylic oxidation sites excluding steroid dienone is 1. The first-order valence-corrected chi connectivity index (χ1v) is 8.17. The van der Waals surface area contributed by atoms with Crippen LogP contribution < -0.4 is 10.9 Å². The maximum Gasteiger partial charge on any atom is 0.262 e. The first kappa shape index (κ1) is 16.3. The molecule has 2 rings (SSSR count). The van der Waals surface area contributed by atoms with Gasteiger partial charge in [0.05, 0.1) is 5.88 Å². The molecule has 22 heavy (non-hydrogen) atoms. The molecular weight excluding hydrogens is 302 g/mol. The van der Waals surface area contributed by atoms with Gasteiger partial charge in [-0.15, -0.1) is 11.8 Å². The van der Waals surface area contributed by atoms with E-state index in [0.29, 0.717) is 23.2 Å². The fraction of sp³-hybridized carbons (Fsp3) is 0.429. The molecule has 8 heteroatoms. The molecule has 0 aliphatic carbocycles. The van der Waals surface area contributed by atoms with Gasteiger partial charge in [-0.3, -0.25) is 20.4 Å². The third-order valence-electron chi connectivity index (χ3n) is 3.16. The third-order valence-corrected chi connectivity index (χ3v) is 4.17. The Hall–Kier alpha value is -2.09. The Morgan fingerprint density at radius 1 is 1.45 bits per heavy atom. The van der Waals surface area contributed by atoms with Crippen LogP contribution in [0.5, 0.6) is 0 Å². The normalized spacial score (nSPS) is 18.2. The summed E-state index contributed by atoms with van der Waals surface area (Å²) >= 11 is 1.56. The second-order valence-electron chi connectivity index (χ2n) is 4.77. The van der Waals surface area contributed by atoms with Gasteiger partial charge in [0.25, 0.3) is 11.8 Å². The Morgan fingerprint density at radius 3 is 2.86 bits per heavy atom. The molecule has 0 saturated carbocycles. The van der Waals surface area contributed by atoms with Crippen molar-refractivity contribution in [1.29, 1.82) is 0 Å². The second kappa shape index (κ2) is 7.79. The second-order valence-corrected chi connectivity index (χ2v) is 5.77. The zero-order chi connectivity index (χ0) is 15.9. The molecule has 1 aromatic rings. The Kier molecular flexibility index (Phi) is 5.76. The summed E-state index contributed by atoms with van der Waals surface area (Å²) in [5.41, 5.74) is 5.88. The minimum atomic E-state index is -0.492. The standard InChI is InChI=1S/C14H19N5O2S/c1-3-5-10(2)13(21)19-9-22-8-11(19)12(20)17-18-14-15-6-4-7-16-14/h4-7,11H,3,8-9H2,1-2H3,(H,17,20)(H,15,16,18)/b10-5+/t11-/m1/s1. The van der Waals surface area contributed by atoms with Gasteiger partial charge in [0.1, 0.15) is 6.04 Å². The number of anilines is 1. The van der Waals surface area contributed by atoms with Crippen LogP contribution in [0.3, 0.4) is 0 Å². The van der Waals surface area contributed by atoms with E-state index in [1.54, 1.807) is 42.0 Å². The van der Waals surface area contributed by atoms with Gasteiger partial charge in [0.2, 0.25) is 5.95 Å². The molecule has 1 fully saturated rings. The molecule has 2 N–H and O–H groups in total. The highest BCUT2D eigenvalue weighted by atomic mass is 32.2. The summed E-state index contributed by atoms with van der Waals surface area (Å²) in [4.78, 5) is 34.1. The number of thioether (sulfide) groups is 1. The van der Waals surface area contributed by atoms with Crippen molar-refractivity contribution < 1.29 is 9.59 Å². The van der Waals surface area contributed by atoms with E-state index in [1.807, 2.05) is 13.0 Å². The van der Waals surface area contributed by atoms with Crippen molar-refractivity contribution in [2.75, 3.05) is 17.1 Å². The fourth-order valence-corrected chi connectivity index (χ4v) is 3.20. The number of amides is 2. The van der Waals surface area contributed by atoms with Crippen LogP contribution in [0.15, 0.2) is 30.1 Å². The van der Waals surface area contributed by atoms with Crippen molar-refractivity contribution in [1.82, 2.24) is 20.3 Å². The lowest BCUT2D eigenvalue weighted by Gasteiger charge is -2.23. The van der Waals surface area contributed by atoms with Gasteiger partial charge in [0.15, 0.2) is 0 Å². The van der Waals surface area contributed by atoms with Crippen molar-refractivity contribution in [2.24, 2.45) is 0 Å². The highest BCUT2D eigenvalue weighted by Crippen LogP contribution is 2.23. The van der Waals surface area contributed by atoms with Crippen LogP contribution in [0.2, 0.25) is 0 Å². The van der Waals surface area contributed by atoms with E-state index >= 15 is 0 Å². The Morgan fingerprint density at radius 2 is 2.18 bits per heavy atom. The molecule has 0 bridgehead atoms. The summed E-state index contributed by atoms with van der Waals surface area (Å²) in [6.07, 6.45) is 5.81. The number of carbonyl (C=O) groups excluding carboxylic acids is 2. The minimum Gasteiger partial charge on any atom is -0.317 e. The molecular formula is C14H19N5O2S. The van der Waals surface area contributed by atoms with Crippen LogP contribution in [-0.4, -0.2) is 44.4 Å². The van der Waals surface area contributed by atoms with E-state index in [-0.39, 0.29) is 11.8 Å². The van der Waals surface area contributed by atoms with Crippen molar-refractivity contribution in [3.63, 3.8) is 0 Å². The van der Waals surface area contributed by atoms with Crippen LogP contribution in [0, 0.1) is 0 Å². The summed E-state index contributed by atoms with van der Waals surface area (Å²) in [5, 5.41) is 0. The number of carbonyl (C=O) groups is 2. The van der Waals surface area contributed by atoms with Gasteiger partial charge in [-0.25, -0.2) is 9.97 Å². The number of nitrogens with one attached hydrogen (secondary N) is 2. The summed E-state index contributed by atoms with van der Waals surface area (Å²) in [7, 11) is 0. The van der Waals surface area contributed by atoms with Gasteiger partial charge in [-0.1, -0.05) is 13.0 Å². The molecule has 2 amide bonds. The van der Waals surface area contributed by atoms with Crippen molar-refractivity contribution in [3.05, 3.63) is 30.1 Å². The monoisotopic (exact) mass is 321 g/mol. The number of nitrogens with zero attached hydrogens (tertiary/aromatic N) is 3. The third kappa shape index (κ3) is 3.97. The quantitative estimate of drug-likeness (QED) is 0.625. The molecule has 2 heterocycles. The minimum absolute atomic E-state index is 0.0945. The Bertz CT molecular complexity index is 564. The van der Waals surface area contributed by atoms with Gasteiger partial charge in [-0.05, 0) is 19.4 Å². The van der Waals surface area contributed by atoms with Crippen LogP contribution in [0.1, 0.15) is 20.3 Å². The molecule has 0 spiro atoms. The number of rotatable bonds is 5. The fourth-order valence-electron chi connectivity index (χ4n) is 2.04. The maximum atomic E-state index is 12.3. The average molecular weight is 321 g/mol. The lowest BCUT2D eigenvalue weighted by Crippen LogP contribution is -2.49. The lowest BCUT2D eigenvalue weighted by molar-refractivity contribution is -0.135. The van der Waals surface area contributed by atoms with Crippen molar-refractivity contribution >= 4 is 29.5 Å². The van der Waals surface area contributed by atoms with E-state index in [1.165, 1.54) is 0 Å². The first-order valence-electron chi connectivity index (χ1n) is 7.01. The topological polar surface area (TPSA) is 87.2 Å². The summed E-state index contributed by atoms with van der Waals surface area (Å²) in [6.45, 7) is 3.75. The molecule has 0 unspecified atom stereocenters. The van der Waals surface area contributed by atoms with E-state index < -0.39 is 6.04 Å². The molecule has 1 atom stereocenters. The van der Waals surface area contributed by atoms with Crippen LogP contribution in [-0.2, 0) is 9.59 Å². The zero-order valence-electron chi connectivity index (χ0n) is 12.6. The summed E-state index contributed by atoms with van der Waals surface area (Å²) < 4.78 is 0. The van der Waals surface area contributed by atoms with E-state index in [2.05, 4.69) is 20.8 Å². The zero-order valence-corrected chi connectivity index (χ0v) is 13.4. The number of aromatic nitrogens is 2. The van der Waals surface area contributed by atoms with E-state index in [4.69, 9.17) is 0 Å². The summed E-state index contributed by atoms with van der Waals surface area (Å²) in [5.74, 6) is 1.04. The molecule has 0 radical (unpaired) electrons. The predicted octanol–water partition coefficient (Wildman–Crippen LogP) is 1.18. The highest BCUT2D eigenvalue weighted by Gasteiger charge is 2.35. The average Bonchev–Trinajstić information content (AvgIpc) is 3.02. The molecule has 1 aromatic heterocycles.